The SMILES string of the molecule is CC(=O)N[C@H]1CN(CCCCCCOCc2ccccc2)C(=O)[C@H](O)[C@@H]1O. The molecular formula is C20H30N2O5. The van der Waals surface area contributed by atoms with Crippen molar-refractivity contribution in [3.05, 3.63) is 35.9 Å². The zero-order valence-corrected chi connectivity index (χ0v) is 15.8. The summed E-state index contributed by atoms with van der Waals surface area (Å²) < 4.78 is 5.64. The van der Waals surface area contributed by atoms with Gasteiger partial charge in [0, 0.05) is 26.6 Å². The third-order valence-corrected chi connectivity index (χ3v) is 4.68. The molecule has 1 saturated heterocycles. The molecule has 0 saturated carbocycles. The number of hydrogen-bond acceptors (Lipinski definition) is 5. The third kappa shape index (κ3) is 6.93. The first kappa shape index (κ1) is 21.3. The Bertz CT molecular complexity index is 595. The largest absolute Gasteiger partial charge is 0.388 e. The number of amides is 2. The normalized spacial score (nSPS) is 22.7. The molecule has 7 heteroatoms. The molecule has 1 aromatic rings. The van der Waals surface area contributed by atoms with Crippen LogP contribution in [-0.2, 0) is 20.9 Å². The standard InChI is InChI=1S/C20H30N2O5/c1-15(23)21-17-13-22(20(26)19(25)18(17)24)11-7-2-3-8-12-27-14-16-9-5-4-6-10-16/h4-6,9-10,17-19,24-25H,2-3,7-8,11-14H2,1H3,(H,21,23)/t17-,18+,19+/m0/s1. The third-order valence-electron chi connectivity index (χ3n) is 4.68. The van der Waals surface area contributed by atoms with Crippen molar-refractivity contribution in [3.63, 3.8) is 0 Å². The van der Waals surface area contributed by atoms with Gasteiger partial charge in [-0.05, 0) is 18.4 Å². The number of aliphatic hydroxyl groups is 2. The van der Waals surface area contributed by atoms with Crippen LogP contribution in [0.1, 0.15) is 38.2 Å². The van der Waals surface area contributed by atoms with E-state index in [1.165, 1.54) is 11.8 Å². The molecule has 0 bridgehead atoms. The van der Waals surface area contributed by atoms with Crippen LogP contribution in [0.25, 0.3) is 0 Å². The maximum Gasteiger partial charge on any atom is 0.254 e. The van der Waals surface area contributed by atoms with Crippen LogP contribution in [0, 0.1) is 0 Å². The van der Waals surface area contributed by atoms with Gasteiger partial charge in [-0.3, -0.25) is 9.59 Å². The molecule has 1 aliphatic rings. The Morgan fingerprint density at radius 3 is 2.59 bits per heavy atom. The van der Waals surface area contributed by atoms with Crippen molar-refractivity contribution >= 4 is 11.8 Å². The number of unbranched alkanes of at least 4 members (excludes halogenated alkanes) is 3. The summed E-state index contributed by atoms with van der Waals surface area (Å²) >= 11 is 0. The van der Waals surface area contributed by atoms with Gasteiger partial charge < -0.3 is 25.2 Å². The molecule has 1 aromatic carbocycles. The second kappa shape index (κ2) is 11.0. The van der Waals surface area contributed by atoms with Crippen molar-refractivity contribution in [2.75, 3.05) is 19.7 Å². The van der Waals surface area contributed by atoms with Gasteiger partial charge in [0.15, 0.2) is 6.10 Å². The molecule has 2 amide bonds. The molecule has 0 spiro atoms. The summed E-state index contributed by atoms with van der Waals surface area (Å²) in [6.45, 7) is 3.39. The van der Waals surface area contributed by atoms with Gasteiger partial charge in [-0.15, -0.1) is 0 Å². The van der Waals surface area contributed by atoms with E-state index < -0.39 is 24.2 Å². The molecule has 2 rings (SSSR count). The molecule has 0 radical (unpaired) electrons. The minimum atomic E-state index is -1.48. The number of rotatable bonds is 10. The van der Waals surface area contributed by atoms with E-state index in [4.69, 9.17) is 4.74 Å². The van der Waals surface area contributed by atoms with E-state index in [0.717, 1.165) is 31.2 Å². The first-order valence-corrected chi connectivity index (χ1v) is 9.52. The minimum Gasteiger partial charge on any atom is -0.388 e. The molecule has 3 N–H and O–H groups in total. The average Bonchev–Trinajstić information content (AvgIpc) is 2.66. The predicted molar refractivity (Wildman–Crippen MR) is 101 cm³/mol. The Labute approximate surface area is 160 Å². The van der Waals surface area contributed by atoms with Crippen molar-refractivity contribution in [2.24, 2.45) is 0 Å². The number of piperidine rings is 1. The molecule has 0 aliphatic carbocycles. The summed E-state index contributed by atoms with van der Waals surface area (Å²) in [7, 11) is 0. The van der Waals surface area contributed by atoms with Crippen LogP contribution in [0.5, 0.6) is 0 Å². The Kier molecular flexibility index (Phi) is 8.71. The smallest absolute Gasteiger partial charge is 0.254 e. The van der Waals surface area contributed by atoms with E-state index in [2.05, 4.69) is 5.32 Å². The van der Waals surface area contributed by atoms with Crippen LogP contribution in [-0.4, -0.2) is 64.9 Å². The number of aliphatic hydroxyl groups excluding tert-OH is 2. The molecule has 1 heterocycles. The summed E-state index contributed by atoms with van der Waals surface area (Å²) in [6, 6.07) is 9.40. The van der Waals surface area contributed by atoms with E-state index in [1.54, 1.807) is 0 Å². The quantitative estimate of drug-likeness (QED) is 0.524. The summed E-state index contributed by atoms with van der Waals surface area (Å²) in [6.07, 6.45) is 0.955. The molecule has 150 valence electrons. The summed E-state index contributed by atoms with van der Waals surface area (Å²) in [5.74, 6) is -0.772. The first-order chi connectivity index (χ1) is 13.0. The molecule has 0 unspecified atom stereocenters. The Balaban J connectivity index is 1.59. The second-order valence-electron chi connectivity index (χ2n) is 6.98. The van der Waals surface area contributed by atoms with Gasteiger partial charge in [-0.25, -0.2) is 0 Å². The number of nitrogens with one attached hydrogen (secondary N) is 1. The van der Waals surface area contributed by atoms with Crippen LogP contribution in [0.4, 0.5) is 0 Å². The summed E-state index contributed by atoms with van der Waals surface area (Å²) in [5.41, 5.74) is 1.16. The number of hydrogen-bond donors (Lipinski definition) is 3. The van der Waals surface area contributed by atoms with Crippen molar-refractivity contribution in [2.45, 2.75) is 57.5 Å². The number of nitrogens with zero attached hydrogens (tertiary/aromatic N) is 1. The molecule has 3 atom stereocenters. The van der Waals surface area contributed by atoms with Gasteiger partial charge in [-0.1, -0.05) is 43.2 Å². The highest BCUT2D eigenvalue weighted by atomic mass is 16.5. The van der Waals surface area contributed by atoms with E-state index in [9.17, 15) is 19.8 Å². The summed E-state index contributed by atoms with van der Waals surface area (Å²) in [5, 5.41) is 22.4. The van der Waals surface area contributed by atoms with Crippen molar-refractivity contribution in [3.8, 4) is 0 Å². The highest BCUT2D eigenvalue weighted by Gasteiger charge is 2.40. The van der Waals surface area contributed by atoms with Crippen LogP contribution in [0.15, 0.2) is 30.3 Å². The lowest BCUT2D eigenvalue weighted by Crippen LogP contribution is -2.63. The fourth-order valence-electron chi connectivity index (χ4n) is 3.21. The second-order valence-corrected chi connectivity index (χ2v) is 6.98. The van der Waals surface area contributed by atoms with Crippen LogP contribution in [0.2, 0.25) is 0 Å². The zero-order chi connectivity index (χ0) is 19.6. The van der Waals surface area contributed by atoms with E-state index in [1.807, 2.05) is 30.3 Å². The van der Waals surface area contributed by atoms with E-state index in [0.29, 0.717) is 19.8 Å². The van der Waals surface area contributed by atoms with Gasteiger partial charge in [0.05, 0.1) is 12.6 Å². The van der Waals surface area contributed by atoms with Crippen LogP contribution < -0.4 is 5.32 Å². The highest BCUT2D eigenvalue weighted by Crippen LogP contribution is 2.15. The van der Waals surface area contributed by atoms with Crippen molar-refractivity contribution in [1.29, 1.82) is 0 Å². The number of ether oxygens (including phenoxy) is 1. The predicted octanol–water partition coefficient (Wildman–Crippen LogP) is 0.832. The topological polar surface area (TPSA) is 99.1 Å². The molecule has 1 aliphatic heterocycles. The first-order valence-electron chi connectivity index (χ1n) is 9.52. The fraction of sp³-hybridized carbons (Fsp3) is 0.600. The van der Waals surface area contributed by atoms with Gasteiger partial charge in [-0.2, -0.15) is 0 Å². The Morgan fingerprint density at radius 2 is 1.89 bits per heavy atom. The maximum absolute atomic E-state index is 12.1. The molecule has 0 aromatic heterocycles. The van der Waals surface area contributed by atoms with Crippen molar-refractivity contribution in [1.82, 2.24) is 10.2 Å². The van der Waals surface area contributed by atoms with Gasteiger partial charge >= 0.3 is 0 Å². The molecule has 1 fully saturated rings. The van der Waals surface area contributed by atoms with Crippen LogP contribution in [0.3, 0.4) is 0 Å². The van der Waals surface area contributed by atoms with Gasteiger partial charge in [0.1, 0.15) is 6.10 Å². The minimum absolute atomic E-state index is 0.219. The zero-order valence-electron chi connectivity index (χ0n) is 15.8. The Morgan fingerprint density at radius 1 is 1.19 bits per heavy atom. The van der Waals surface area contributed by atoms with Gasteiger partial charge in [0.25, 0.3) is 5.91 Å². The lowest BCUT2D eigenvalue weighted by molar-refractivity contribution is -0.156. The van der Waals surface area contributed by atoms with E-state index in [-0.39, 0.29) is 12.5 Å². The number of benzene rings is 1. The maximum atomic E-state index is 12.1. The molecule has 27 heavy (non-hydrogen) atoms. The monoisotopic (exact) mass is 378 g/mol. The lowest BCUT2D eigenvalue weighted by atomic mass is 9.98. The molecule has 7 nitrogen and oxygen atoms in total. The van der Waals surface area contributed by atoms with E-state index >= 15 is 0 Å². The van der Waals surface area contributed by atoms with Crippen molar-refractivity contribution < 1.29 is 24.5 Å². The Hall–Kier alpha value is -1.96. The van der Waals surface area contributed by atoms with Gasteiger partial charge in [0.2, 0.25) is 5.91 Å². The fourth-order valence-corrected chi connectivity index (χ4v) is 3.21. The number of likely N-dealkylation sites (tertiary alicyclic amines) is 1. The highest BCUT2D eigenvalue weighted by molar-refractivity contribution is 5.83. The number of carbonyl (C=O) groups is 2. The average molecular weight is 378 g/mol. The number of carbonyl (C=O) groups excluding carboxylic acids is 2. The van der Waals surface area contributed by atoms with Crippen LogP contribution >= 0.6 is 0 Å². The lowest BCUT2D eigenvalue weighted by Gasteiger charge is -2.39. The summed E-state index contributed by atoms with van der Waals surface area (Å²) in [4.78, 5) is 24.8. The molecular weight excluding hydrogens is 348 g/mol.